The standard InChI is InChI=1S/C15H20BrNO3/c1-14(2,3)20-13(19)17-10-7-15(4,5)8-11(18)9(10)6-12(17)16/h6H,7-8H2,1-5H3. The van der Waals surface area contributed by atoms with Crippen LogP contribution in [0.1, 0.15) is 57.1 Å². The van der Waals surface area contributed by atoms with Gasteiger partial charge in [0.05, 0.1) is 4.60 Å². The molecule has 0 amide bonds. The van der Waals surface area contributed by atoms with E-state index in [1.165, 1.54) is 4.57 Å². The molecule has 20 heavy (non-hydrogen) atoms. The zero-order valence-electron chi connectivity index (χ0n) is 12.5. The van der Waals surface area contributed by atoms with Gasteiger partial charge in [-0.1, -0.05) is 13.8 Å². The summed E-state index contributed by atoms with van der Waals surface area (Å²) in [6.07, 6.45) is 0.736. The summed E-state index contributed by atoms with van der Waals surface area (Å²) in [7, 11) is 0. The highest BCUT2D eigenvalue weighted by atomic mass is 79.9. The van der Waals surface area contributed by atoms with Gasteiger partial charge in [0.2, 0.25) is 0 Å². The first-order valence-electron chi connectivity index (χ1n) is 6.67. The van der Waals surface area contributed by atoms with Crippen LogP contribution in [0.2, 0.25) is 0 Å². The molecule has 1 aliphatic carbocycles. The van der Waals surface area contributed by atoms with Gasteiger partial charge in [0.15, 0.2) is 5.78 Å². The molecule has 0 bridgehead atoms. The third-order valence-electron chi connectivity index (χ3n) is 3.22. The molecule has 0 fully saturated rings. The minimum atomic E-state index is -0.568. The van der Waals surface area contributed by atoms with E-state index in [0.717, 1.165) is 5.69 Å². The molecule has 1 aliphatic rings. The quantitative estimate of drug-likeness (QED) is 0.710. The lowest BCUT2D eigenvalue weighted by Crippen LogP contribution is -2.32. The summed E-state index contributed by atoms with van der Waals surface area (Å²) >= 11 is 3.36. The van der Waals surface area contributed by atoms with E-state index in [1.54, 1.807) is 6.07 Å². The Kier molecular flexibility index (Phi) is 3.61. The van der Waals surface area contributed by atoms with Gasteiger partial charge >= 0.3 is 6.09 Å². The molecule has 4 nitrogen and oxygen atoms in total. The van der Waals surface area contributed by atoms with E-state index >= 15 is 0 Å². The molecule has 0 N–H and O–H groups in total. The average molecular weight is 342 g/mol. The zero-order chi connectivity index (χ0) is 15.3. The summed E-state index contributed by atoms with van der Waals surface area (Å²) in [6.45, 7) is 9.54. The van der Waals surface area contributed by atoms with Crippen LogP contribution < -0.4 is 0 Å². The molecule has 0 aliphatic heterocycles. The van der Waals surface area contributed by atoms with E-state index in [2.05, 4.69) is 15.9 Å². The Morgan fingerprint density at radius 1 is 1.35 bits per heavy atom. The van der Waals surface area contributed by atoms with Crippen LogP contribution in [-0.2, 0) is 11.2 Å². The molecule has 0 atom stereocenters. The van der Waals surface area contributed by atoms with Crippen molar-refractivity contribution in [3.8, 4) is 0 Å². The molecule has 2 rings (SSSR count). The highest BCUT2D eigenvalue weighted by molar-refractivity contribution is 9.10. The molecule has 1 aromatic heterocycles. The maximum Gasteiger partial charge on any atom is 0.419 e. The maximum absolute atomic E-state index is 12.3. The second-order valence-electron chi connectivity index (χ2n) is 7.08. The molecule has 1 heterocycles. The maximum atomic E-state index is 12.3. The van der Waals surface area contributed by atoms with Crippen LogP contribution in [0, 0.1) is 5.41 Å². The Morgan fingerprint density at radius 2 is 1.95 bits per heavy atom. The predicted octanol–water partition coefficient (Wildman–Crippen LogP) is 4.19. The number of aromatic nitrogens is 1. The van der Waals surface area contributed by atoms with Crippen molar-refractivity contribution in [2.75, 3.05) is 0 Å². The van der Waals surface area contributed by atoms with Gasteiger partial charge in [-0.2, -0.15) is 0 Å². The lowest BCUT2D eigenvalue weighted by molar-refractivity contribution is 0.0526. The third kappa shape index (κ3) is 2.97. The first-order valence-corrected chi connectivity index (χ1v) is 7.46. The van der Waals surface area contributed by atoms with E-state index in [-0.39, 0.29) is 11.2 Å². The van der Waals surface area contributed by atoms with Crippen molar-refractivity contribution in [3.63, 3.8) is 0 Å². The summed E-state index contributed by atoms with van der Waals surface area (Å²) in [5.41, 5.74) is 0.665. The number of ether oxygens (including phenoxy) is 1. The SMILES string of the molecule is CC1(C)CC(=O)c2cc(Br)n(C(=O)OC(C)(C)C)c2C1. The predicted molar refractivity (Wildman–Crippen MR) is 80.2 cm³/mol. The van der Waals surface area contributed by atoms with Gasteiger partial charge in [-0.15, -0.1) is 0 Å². The molecule has 5 heteroatoms. The molecule has 0 radical (unpaired) electrons. The van der Waals surface area contributed by atoms with Crippen LogP contribution in [0.15, 0.2) is 10.7 Å². The Balaban J connectivity index is 2.46. The minimum absolute atomic E-state index is 0.0826. The van der Waals surface area contributed by atoms with Crippen molar-refractivity contribution in [1.29, 1.82) is 0 Å². The molecule has 110 valence electrons. The highest BCUT2D eigenvalue weighted by Crippen LogP contribution is 2.37. The van der Waals surface area contributed by atoms with Crippen molar-refractivity contribution in [3.05, 3.63) is 21.9 Å². The number of nitrogens with zero attached hydrogens (tertiary/aromatic N) is 1. The van der Waals surface area contributed by atoms with Crippen LogP contribution in [0.5, 0.6) is 0 Å². The molecular weight excluding hydrogens is 322 g/mol. The summed E-state index contributed by atoms with van der Waals surface area (Å²) in [5.74, 6) is 0.0826. The fourth-order valence-electron chi connectivity index (χ4n) is 2.48. The Hall–Kier alpha value is -1.10. The topological polar surface area (TPSA) is 48.3 Å². The molecular formula is C15H20BrNO3. The first kappa shape index (κ1) is 15.3. The number of hydrogen-bond donors (Lipinski definition) is 0. The van der Waals surface area contributed by atoms with E-state index in [4.69, 9.17) is 4.74 Å². The van der Waals surface area contributed by atoms with Crippen molar-refractivity contribution in [2.45, 2.75) is 53.1 Å². The number of ketones is 1. The zero-order valence-corrected chi connectivity index (χ0v) is 14.1. The summed E-state index contributed by atoms with van der Waals surface area (Å²) in [5, 5.41) is 0. The normalized spacial score (nSPS) is 17.8. The summed E-state index contributed by atoms with van der Waals surface area (Å²) in [6, 6.07) is 1.72. The summed E-state index contributed by atoms with van der Waals surface area (Å²) < 4.78 is 7.46. The van der Waals surface area contributed by atoms with Gasteiger partial charge in [-0.05, 0) is 54.6 Å². The van der Waals surface area contributed by atoms with E-state index in [0.29, 0.717) is 23.0 Å². The largest absolute Gasteiger partial charge is 0.443 e. The van der Waals surface area contributed by atoms with Crippen LogP contribution >= 0.6 is 15.9 Å². The van der Waals surface area contributed by atoms with E-state index in [1.807, 2.05) is 34.6 Å². The van der Waals surface area contributed by atoms with Gasteiger partial charge in [-0.3, -0.25) is 4.79 Å². The second-order valence-corrected chi connectivity index (χ2v) is 7.90. The Labute approximate surface area is 127 Å². The van der Waals surface area contributed by atoms with Crippen LogP contribution in [-0.4, -0.2) is 22.0 Å². The number of carbonyl (C=O) groups is 2. The van der Waals surface area contributed by atoms with Gasteiger partial charge in [0.1, 0.15) is 5.60 Å². The third-order valence-corrected chi connectivity index (χ3v) is 3.80. The number of rotatable bonds is 0. The molecule has 0 saturated heterocycles. The smallest absolute Gasteiger partial charge is 0.419 e. The van der Waals surface area contributed by atoms with Crippen molar-refractivity contribution < 1.29 is 14.3 Å². The van der Waals surface area contributed by atoms with Crippen molar-refractivity contribution >= 4 is 27.8 Å². The Bertz CT molecular complexity index is 579. The van der Waals surface area contributed by atoms with Crippen molar-refractivity contribution in [1.82, 2.24) is 4.57 Å². The average Bonchev–Trinajstić information content (AvgIpc) is 2.50. The van der Waals surface area contributed by atoms with Crippen molar-refractivity contribution in [2.24, 2.45) is 5.41 Å². The lowest BCUT2D eigenvalue weighted by Gasteiger charge is -2.29. The molecule has 0 unspecified atom stereocenters. The van der Waals surface area contributed by atoms with Crippen LogP contribution in [0.4, 0.5) is 4.79 Å². The fourth-order valence-corrected chi connectivity index (χ4v) is 3.07. The van der Waals surface area contributed by atoms with Crippen LogP contribution in [0.3, 0.4) is 0 Å². The van der Waals surface area contributed by atoms with Gasteiger partial charge in [0, 0.05) is 17.7 Å². The molecule has 0 aromatic carbocycles. The first-order chi connectivity index (χ1) is 9.00. The highest BCUT2D eigenvalue weighted by Gasteiger charge is 2.36. The van der Waals surface area contributed by atoms with E-state index in [9.17, 15) is 9.59 Å². The molecule has 0 saturated carbocycles. The van der Waals surface area contributed by atoms with Gasteiger partial charge in [-0.25, -0.2) is 9.36 Å². The van der Waals surface area contributed by atoms with E-state index < -0.39 is 11.7 Å². The van der Waals surface area contributed by atoms with Gasteiger partial charge < -0.3 is 4.74 Å². The lowest BCUT2D eigenvalue weighted by atomic mass is 9.76. The Morgan fingerprint density at radius 3 is 2.50 bits per heavy atom. The van der Waals surface area contributed by atoms with Crippen LogP contribution in [0.25, 0.3) is 0 Å². The number of fused-ring (bicyclic) bond motifs is 1. The number of halogens is 1. The second kappa shape index (κ2) is 4.72. The number of hydrogen-bond acceptors (Lipinski definition) is 3. The molecule has 0 spiro atoms. The fraction of sp³-hybridized carbons (Fsp3) is 0.600. The molecule has 1 aromatic rings. The number of carbonyl (C=O) groups excluding carboxylic acids is 2. The monoisotopic (exact) mass is 341 g/mol. The minimum Gasteiger partial charge on any atom is -0.443 e. The van der Waals surface area contributed by atoms with Gasteiger partial charge in [0.25, 0.3) is 0 Å². The summed E-state index contributed by atoms with van der Waals surface area (Å²) in [4.78, 5) is 24.5. The number of Topliss-reactive ketones (excluding diaryl/α,β-unsaturated/α-hetero) is 1.